The van der Waals surface area contributed by atoms with E-state index in [-0.39, 0.29) is 11.8 Å². The van der Waals surface area contributed by atoms with Crippen molar-refractivity contribution in [3.05, 3.63) is 48.0 Å². The molecular formula is C18H21N3O3S. The van der Waals surface area contributed by atoms with Gasteiger partial charge >= 0.3 is 0 Å². The van der Waals surface area contributed by atoms with E-state index in [1.165, 1.54) is 0 Å². The van der Waals surface area contributed by atoms with Gasteiger partial charge in [0, 0.05) is 43.5 Å². The van der Waals surface area contributed by atoms with E-state index in [9.17, 15) is 13.2 Å². The summed E-state index contributed by atoms with van der Waals surface area (Å²) in [7, 11) is -3.55. The van der Waals surface area contributed by atoms with Gasteiger partial charge in [0.1, 0.15) is 0 Å². The molecule has 2 aromatic rings. The van der Waals surface area contributed by atoms with E-state index < -0.39 is 10.0 Å². The molecule has 1 aromatic heterocycles. The average Bonchev–Trinajstić information content (AvgIpc) is 3.27. The Kier molecular flexibility index (Phi) is 4.21. The zero-order chi connectivity index (χ0) is 17.4. The van der Waals surface area contributed by atoms with Gasteiger partial charge in [-0.2, -0.15) is 4.31 Å². The largest absolute Gasteiger partial charge is 0.336 e. The van der Waals surface area contributed by atoms with Crippen LogP contribution >= 0.6 is 0 Å². The number of nitrogens with zero attached hydrogens (tertiary/aromatic N) is 3. The van der Waals surface area contributed by atoms with Crippen LogP contribution in [0.5, 0.6) is 0 Å². The molecule has 0 saturated carbocycles. The third kappa shape index (κ3) is 3.02. The van der Waals surface area contributed by atoms with Crippen molar-refractivity contribution in [1.29, 1.82) is 0 Å². The second-order valence-corrected chi connectivity index (χ2v) is 8.66. The zero-order valence-electron chi connectivity index (χ0n) is 14.0. The van der Waals surface area contributed by atoms with Crippen LogP contribution in [0, 0.1) is 0 Å². The van der Waals surface area contributed by atoms with Crippen molar-refractivity contribution >= 4 is 15.8 Å². The van der Waals surface area contributed by atoms with Crippen molar-refractivity contribution in [1.82, 2.24) is 13.9 Å². The molecule has 1 aromatic carbocycles. The fourth-order valence-corrected chi connectivity index (χ4v) is 5.60. The monoisotopic (exact) mass is 359 g/mol. The normalized spacial score (nSPS) is 21.4. The molecule has 0 N–H and O–H groups in total. The van der Waals surface area contributed by atoms with Crippen molar-refractivity contribution in [2.75, 3.05) is 6.54 Å². The molecule has 6 nitrogen and oxygen atoms in total. The summed E-state index contributed by atoms with van der Waals surface area (Å²) in [4.78, 5) is 16.3. The number of carbonyl (C=O) groups is 1. The lowest BCUT2D eigenvalue weighted by molar-refractivity contribution is 0.0972. The number of ketones is 1. The molecule has 1 aliphatic carbocycles. The van der Waals surface area contributed by atoms with Gasteiger partial charge in [0.25, 0.3) is 0 Å². The highest BCUT2D eigenvalue weighted by Gasteiger charge is 2.36. The van der Waals surface area contributed by atoms with Crippen LogP contribution in [-0.2, 0) is 23.0 Å². The summed E-state index contributed by atoms with van der Waals surface area (Å²) in [5, 5.41) is 0. The number of Topliss-reactive ketones (excluding diaryl/α,β-unsaturated/α-hetero) is 1. The predicted octanol–water partition coefficient (Wildman–Crippen LogP) is 2.26. The minimum Gasteiger partial charge on any atom is -0.336 e. The van der Waals surface area contributed by atoms with E-state index in [0.29, 0.717) is 30.0 Å². The Labute approximate surface area is 147 Å². The van der Waals surface area contributed by atoms with Gasteiger partial charge in [-0.25, -0.2) is 13.4 Å². The van der Waals surface area contributed by atoms with E-state index in [0.717, 1.165) is 31.2 Å². The summed E-state index contributed by atoms with van der Waals surface area (Å²) in [6.45, 7) is 1.15. The summed E-state index contributed by atoms with van der Waals surface area (Å²) in [5.41, 5.74) is 1.55. The van der Waals surface area contributed by atoms with Crippen LogP contribution < -0.4 is 0 Å². The Hall–Kier alpha value is -1.99. The van der Waals surface area contributed by atoms with Gasteiger partial charge in [-0.05, 0) is 49.4 Å². The minimum absolute atomic E-state index is 0.0585. The maximum Gasteiger partial charge on any atom is 0.243 e. The number of sulfonamides is 1. The number of aromatic nitrogens is 2. The topological polar surface area (TPSA) is 72.3 Å². The number of aryl methyl sites for hydroxylation is 1. The molecule has 1 atom stereocenters. The van der Waals surface area contributed by atoms with Crippen molar-refractivity contribution in [3.8, 4) is 0 Å². The van der Waals surface area contributed by atoms with Crippen molar-refractivity contribution in [3.63, 3.8) is 0 Å². The maximum atomic E-state index is 13.2. The summed E-state index contributed by atoms with van der Waals surface area (Å²) in [6.07, 6.45) is 9.10. The van der Waals surface area contributed by atoms with Gasteiger partial charge in [-0.15, -0.1) is 0 Å². The van der Waals surface area contributed by atoms with E-state index in [1.807, 2.05) is 10.8 Å². The van der Waals surface area contributed by atoms with Crippen LogP contribution in [0.2, 0.25) is 0 Å². The first-order chi connectivity index (χ1) is 12.1. The number of fused-ring (bicyclic) bond motifs is 1. The number of hydrogen-bond donors (Lipinski definition) is 0. The average molecular weight is 359 g/mol. The SMILES string of the molecule is O=C1CCCc2cc(S(=O)(=O)N3CCCC3Cn3ccnc3)ccc21. The van der Waals surface area contributed by atoms with Crippen molar-refractivity contribution in [2.24, 2.45) is 0 Å². The van der Waals surface area contributed by atoms with Crippen LogP contribution in [0.15, 0.2) is 41.8 Å². The molecule has 0 amide bonds. The molecule has 1 unspecified atom stereocenters. The molecule has 25 heavy (non-hydrogen) atoms. The first-order valence-electron chi connectivity index (χ1n) is 8.69. The van der Waals surface area contributed by atoms with Gasteiger partial charge in [0.15, 0.2) is 5.78 Å². The second-order valence-electron chi connectivity index (χ2n) is 6.77. The lowest BCUT2D eigenvalue weighted by atomic mass is 9.91. The van der Waals surface area contributed by atoms with E-state index >= 15 is 0 Å². The molecule has 7 heteroatoms. The second kappa shape index (κ2) is 6.38. The number of rotatable bonds is 4. The first kappa shape index (κ1) is 16.5. The summed E-state index contributed by atoms with van der Waals surface area (Å²) in [6, 6.07) is 4.92. The van der Waals surface area contributed by atoms with Crippen LogP contribution in [0.3, 0.4) is 0 Å². The van der Waals surface area contributed by atoms with Gasteiger partial charge in [-0.3, -0.25) is 4.79 Å². The van der Waals surface area contributed by atoms with Crippen LogP contribution in [0.4, 0.5) is 0 Å². The summed E-state index contributed by atoms with van der Waals surface area (Å²) < 4.78 is 29.8. The van der Waals surface area contributed by atoms with Gasteiger partial charge in [-0.1, -0.05) is 0 Å². The van der Waals surface area contributed by atoms with E-state index in [2.05, 4.69) is 4.98 Å². The standard InChI is InChI=1S/C18H21N3O3S/c22-18-5-1-3-14-11-16(6-7-17(14)18)25(23,24)21-9-2-4-15(21)12-20-10-8-19-13-20/h6-8,10-11,13,15H,1-5,9,12H2. The molecule has 0 bridgehead atoms. The molecule has 1 fully saturated rings. The number of carbonyl (C=O) groups excluding carboxylic acids is 1. The molecule has 0 spiro atoms. The lowest BCUT2D eigenvalue weighted by Crippen LogP contribution is -2.38. The number of hydrogen-bond acceptors (Lipinski definition) is 4. The quantitative estimate of drug-likeness (QED) is 0.839. The summed E-state index contributed by atoms with van der Waals surface area (Å²) >= 11 is 0. The lowest BCUT2D eigenvalue weighted by Gasteiger charge is -2.25. The molecule has 1 saturated heterocycles. The highest BCUT2D eigenvalue weighted by atomic mass is 32.2. The predicted molar refractivity (Wildman–Crippen MR) is 92.9 cm³/mol. The molecule has 0 radical (unpaired) electrons. The Morgan fingerprint density at radius 3 is 2.88 bits per heavy atom. The maximum absolute atomic E-state index is 13.2. The molecule has 132 valence electrons. The summed E-state index contributed by atoms with van der Waals surface area (Å²) in [5.74, 6) is 0.115. The van der Waals surface area contributed by atoms with Crippen LogP contribution in [0.25, 0.3) is 0 Å². The fraction of sp³-hybridized carbons (Fsp3) is 0.444. The molecule has 4 rings (SSSR count). The van der Waals surface area contributed by atoms with Gasteiger partial charge in [0.2, 0.25) is 10.0 Å². The van der Waals surface area contributed by atoms with E-state index in [1.54, 1.807) is 35.0 Å². The minimum atomic E-state index is -3.55. The van der Waals surface area contributed by atoms with E-state index in [4.69, 9.17) is 0 Å². The Balaban J connectivity index is 1.63. The smallest absolute Gasteiger partial charge is 0.243 e. The molecular weight excluding hydrogens is 338 g/mol. The zero-order valence-corrected chi connectivity index (χ0v) is 14.8. The van der Waals surface area contributed by atoms with Gasteiger partial charge < -0.3 is 4.57 Å². The third-order valence-electron chi connectivity index (χ3n) is 5.14. The molecule has 2 heterocycles. The Bertz CT molecular complexity index is 890. The Morgan fingerprint density at radius 1 is 1.20 bits per heavy atom. The highest BCUT2D eigenvalue weighted by molar-refractivity contribution is 7.89. The molecule has 2 aliphatic rings. The first-order valence-corrected chi connectivity index (χ1v) is 10.1. The van der Waals surface area contributed by atoms with Crippen molar-refractivity contribution < 1.29 is 13.2 Å². The van der Waals surface area contributed by atoms with Gasteiger partial charge in [0.05, 0.1) is 11.2 Å². The van der Waals surface area contributed by atoms with Crippen LogP contribution in [-0.4, -0.2) is 40.6 Å². The Morgan fingerprint density at radius 2 is 2.08 bits per heavy atom. The van der Waals surface area contributed by atoms with Crippen LogP contribution in [0.1, 0.15) is 41.6 Å². The molecule has 1 aliphatic heterocycles. The highest BCUT2D eigenvalue weighted by Crippen LogP contribution is 2.30. The third-order valence-corrected chi connectivity index (χ3v) is 7.09. The fourth-order valence-electron chi connectivity index (χ4n) is 3.87. The number of benzene rings is 1. The van der Waals surface area contributed by atoms with Crippen molar-refractivity contribution in [2.45, 2.75) is 49.6 Å². The number of imidazole rings is 1.